The van der Waals surface area contributed by atoms with E-state index < -0.39 is 6.10 Å². The van der Waals surface area contributed by atoms with Gasteiger partial charge in [0.25, 0.3) is 0 Å². The zero-order valence-electron chi connectivity index (χ0n) is 49.7. The smallest absolute Gasteiger partial charge is 0.306 e. The number of esters is 3. The highest BCUT2D eigenvalue weighted by Crippen LogP contribution is 2.16. The Labute approximate surface area is 470 Å². The maximum absolute atomic E-state index is 12.9. The monoisotopic (exact) mass is 1050 g/mol. The van der Waals surface area contributed by atoms with Gasteiger partial charge in [0.2, 0.25) is 0 Å². The van der Waals surface area contributed by atoms with Crippen molar-refractivity contribution in [3.63, 3.8) is 0 Å². The van der Waals surface area contributed by atoms with Crippen molar-refractivity contribution in [2.24, 2.45) is 0 Å². The molecule has 76 heavy (non-hydrogen) atoms. The molecule has 0 aromatic carbocycles. The fourth-order valence-electron chi connectivity index (χ4n) is 8.77. The quantitative estimate of drug-likeness (QED) is 0.0261. The molecule has 0 aliphatic heterocycles. The van der Waals surface area contributed by atoms with Gasteiger partial charge in [-0.1, -0.05) is 265 Å². The molecule has 0 aliphatic rings. The van der Waals surface area contributed by atoms with Crippen LogP contribution in [0.4, 0.5) is 0 Å². The van der Waals surface area contributed by atoms with Crippen molar-refractivity contribution >= 4 is 17.9 Å². The summed E-state index contributed by atoms with van der Waals surface area (Å²) in [6.07, 6.45) is 86.6. The summed E-state index contributed by atoms with van der Waals surface area (Å²) in [5.41, 5.74) is 0. The molecular formula is C70H118O6. The Morgan fingerprint density at radius 2 is 0.513 bits per heavy atom. The Balaban J connectivity index is 4.32. The van der Waals surface area contributed by atoms with Gasteiger partial charge in [0.05, 0.1) is 0 Å². The van der Waals surface area contributed by atoms with Gasteiger partial charge in [0, 0.05) is 19.3 Å². The first-order valence-corrected chi connectivity index (χ1v) is 31.9. The van der Waals surface area contributed by atoms with Gasteiger partial charge in [-0.05, 0) is 122 Å². The second kappa shape index (κ2) is 63.6. The third-order valence-corrected chi connectivity index (χ3v) is 13.5. The summed E-state index contributed by atoms with van der Waals surface area (Å²) >= 11 is 0. The molecule has 0 fully saturated rings. The second-order valence-electron chi connectivity index (χ2n) is 20.9. The lowest BCUT2D eigenvalue weighted by atomic mass is 10.0. The highest BCUT2D eigenvalue weighted by atomic mass is 16.6. The Hall–Kier alpha value is -3.93. The molecule has 0 saturated heterocycles. The maximum Gasteiger partial charge on any atom is 0.306 e. The van der Waals surface area contributed by atoms with Crippen molar-refractivity contribution in [1.82, 2.24) is 0 Å². The average molecular weight is 1060 g/mol. The molecule has 6 nitrogen and oxygen atoms in total. The first-order chi connectivity index (χ1) is 37.5. The summed E-state index contributed by atoms with van der Waals surface area (Å²) in [6, 6.07) is 0. The van der Waals surface area contributed by atoms with Crippen LogP contribution in [0.5, 0.6) is 0 Å². The highest BCUT2D eigenvalue weighted by Gasteiger charge is 2.19. The normalized spacial score (nSPS) is 12.8. The van der Waals surface area contributed by atoms with Gasteiger partial charge in [-0.3, -0.25) is 14.4 Å². The summed E-state index contributed by atoms with van der Waals surface area (Å²) in [5, 5.41) is 0. The molecule has 0 aromatic rings. The van der Waals surface area contributed by atoms with Crippen LogP contribution in [0.1, 0.15) is 297 Å². The molecule has 1 unspecified atom stereocenters. The molecule has 0 spiro atoms. The molecule has 1 atom stereocenters. The highest BCUT2D eigenvalue weighted by molar-refractivity contribution is 5.71. The third kappa shape index (κ3) is 60.9. The number of carbonyl (C=O) groups excluding carboxylic acids is 3. The van der Waals surface area contributed by atoms with E-state index in [1.165, 1.54) is 135 Å². The van der Waals surface area contributed by atoms with Gasteiger partial charge in [-0.2, -0.15) is 0 Å². The lowest BCUT2D eigenvalue weighted by Crippen LogP contribution is -2.30. The lowest BCUT2D eigenvalue weighted by Gasteiger charge is -2.18. The van der Waals surface area contributed by atoms with Gasteiger partial charge in [0.1, 0.15) is 13.2 Å². The predicted octanol–water partition coefficient (Wildman–Crippen LogP) is 21.8. The van der Waals surface area contributed by atoms with Crippen LogP contribution >= 0.6 is 0 Å². The summed E-state index contributed by atoms with van der Waals surface area (Å²) in [7, 11) is 0. The summed E-state index contributed by atoms with van der Waals surface area (Å²) in [6.45, 7) is 6.40. The Kier molecular flexibility index (Phi) is 60.3. The van der Waals surface area contributed by atoms with Crippen molar-refractivity contribution in [2.45, 2.75) is 303 Å². The van der Waals surface area contributed by atoms with Gasteiger partial charge in [-0.15, -0.1) is 0 Å². The van der Waals surface area contributed by atoms with Gasteiger partial charge < -0.3 is 14.2 Å². The van der Waals surface area contributed by atoms with Crippen molar-refractivity contribution in [2.75, 3.05) is 13.2 Å². The zero-order valence-corrected chi connectivity index (χ0v) is 49.7. The predicted molar refractivity (Wildman–Crippen MR) is 330 cm³/mol. The van der Waals surface area contributed by atoms with E-state index in [9.17, 15) is 14.4 Å². The molecule has 0 N–H and O–H groups in total. The van der Waals surface area contributed by atoms with Crippen molar-refractivity contribution in [3.8, 4) is 0 Å². The van der Waals surface area contributed by atoms with Gasteiger partial charge in [-0.25, -0.2) is 0 Å². The van der Waals surface area contributed by atoms with Crippen LogP contribution in [0.2, 0.25) is 0 Å². The number of hydrogen-bond donors (Lipinski definition) is 0. The minimum Gasteiger partial charge on any atom is -0.462 e. The number of carbonyl (C=O) groups is 3. The SMILES string of the molecule is CC/C=C\C/C=C\C/C=C\C/C=C\CCCCCCCCCCCCCCC(=O)OCC(COC(=O)CCCCCCC/C=C\CCCCC)OC(=O)CCCCCCCCCC/C=C\C/C=C\C/C=C\C/C=C\CC. The van der Waals surface area contributed by atoms with E-state index in [1.807, 2.05) is 0 Å². The minimum absolute atomic E-state index is 0.0848. The van der Waals surface area contributed by atoms with Crippen molar-refractivity contribution in [3.05, 3.63) is 109 Å². The molecule has 6 heteroatoms. The summed E-state index contributed by atoms with van der Waals surface area (Å²) < 4.78 is 16.9. The van der Waals surface area contributed by atoms with E-state index in [-0.39, 0.29) is 31.1 Å². The summed E-state index contributed by atoms with van der Waals surface area (Å²) in [5.74, 6) is -0.897. The lowest BCUT2D eigenvalue weighted by molar-refractivity contribution is -0.167. The van der Waals surface area contributed by atoms with Crippen LogP contribution in [0, 0.1) is 0 Å². The molecule has 434 valence electrons. The molecule has 0 saturated carbocycles. The van der Waals surface area contributed by atoms with Crippen LogP contribution in [-0.4, -0.2) is 37.2 Å². The van der Waals surface area contributed by atoms with E-state index in [1.54, 1.807) is 0 Å². The van der Waals surface area contributed by atoms with E-state index in [2.05, 4.69) is 130 Å². The maximum atomic E-state index is 12.9. The number of allylic oxidation sites excluding steroid dienone is 18. The molecule has 0 heterocycles. The first kappa shape index (κ1) is 72.1. The first-order valence-electron chi connectivity index (χ1n) is 31.9. The van der Waals surface area contributed by atoms with Crippen LogP contribution in [0.25, 0.3) is 0 Å². The fourth-order valence-corrected chi connectivity index (χ4v) is 8.77. The average Bonchev–Trinajstić information content (AvgIpc) is 3.42. The third-order valence-electron chi connectivity index (χ3n) is 13.5. The van der Waals surface area contributed by atoms with E-state index in [4.69, 9.17) is 14.2 Å². The number of hydrogen-bond acceptors (Lipinski definition) is 6. The van der Waals surface area contributed by atoms with Crippen LogP contribution < -0.4 is 0 Å². The van der Waals surface area contributed by atoms with Crippen molar-refractivity contribution < 1.29 is 28.6 Å². The van der Waals surface area contributed by atoms with Gasteiger partial charge in [0.15, 0.2) is 6.10 Å². The Morgan fingerprint density at radius 1 is 0.276 bits per heavy atom. The van der Waals surface area contributed by atoms with Crippen LogP contribution in [0.15, 0.2) is 109 Å². The Bertz CT molecular complexity index is 1540. The Morgan fingerprint density at radius 3 is 0.816 bits per heavy atom. The second-order valence-corrected chi connectivity index (χ2v) is 20.9. The fraction of sp³-hybridized carbons (Fsp3) is 0.700. The molecule has 0 bridgehead atoms. The molecule has 0 aromatic heterocycles. The topological polar surface area (TPSA) is 78.9 Å². The summed E-state index contributed by atoms with van der Waals surface area (Å²) in [4.78, 5) is 38.3. The molecule has 0 radical (unpaired) electrons. The minimum atomic E-state index is -0.789. The van der Waals surface area contributed by atoms with Crippen LogP contribution in [-0.2, 0) is 28.6 Å². The molecule has 0 aliphatic carbocycles. The number of unbranched alkanes of at least 4 members (excludes halogenated alkanes) is 28. The molecular weight excluding hydrogens is 937 g/mol. The van der Waals surface area contributed by atoms with E-state index in [0.717, 1.165) is 122 Å². The van der Waals surface area contributed by atoms with Gasteiger partial charge >= 0.3 is 17.9 Å². The van der Waals surface area contributed by atoms with Crippen LogP contribution in [0.3, 0.4) is 0 Å². The largest absolute Gasteiger partial charge is 0.462 e. The van der Waals surface area contributed by atoms with Crippen molar-refractivity contribution in [1.29, 1.82) is 0 Å². The van der Waals surface area contributed by atoms with E-state index >= 15 is 0 Å². The van der Waals surface area contributed by atoms with E-state index in [0.29, 0.717) is 19.3 Å². The standard InChI is InChI=1S/C70H118O6/c1-4-7-10-13-16-19-22-25-27-29-31-33-34-35-36-38-39-41-43-45-48-51-54-57-60-63-69(72)75-66-67(65-74-68(71)62-59-56-53-50-47-24-21-18-15-12-9-6-3)76-70(73)64-61-58-55-52-49-46-44-42-40-37-32-30-28-26-23-20-17-14-11-8-5-2/h7-8,10-11,16-21,25-28,31-33,37,67H,4-6,9,12-15,22-24,29-30,34-36,38-66H2,1-3H3/b10-7-,11-8-,19-16-,20-17-,21-18-,27-25-,28-26-,33-31-,37-32-. The number of ether oxygens (including phenoxy) is 3. The number of rotatable bonds is 57. The zero-order chi connectivity index (χ0) is 55.0. The molecule has 0 amide bonds. The molecule has 0 rings (SSSR count).